The highest BCUT2D eigenvalue weighted by Crippen LogP contribution is 2.23. The summed E-state index contributed by atoms with van der Waals surface area (Å²) in [4.78, 5) is 9.52. The minimum absolute atomic E-state index is 0.677. The highest BCUT2D eigenvalue weighted by Gasteiger charge is 2.26. The van der Waals surface area contributed by atoms with E-state index in [4.69, 9.17) is 11.6 Å². The molecule has 0 amide bonds. The number of halogens is 1. The molecular weight excluding hydrogens is 408 g/mol. The van der Waals surface area contributed by atoms with Crippen LogP contribution in [0.25, 0.3) is 0 Å². The molecule has 2 saturated heterocycles. The van der Waals surface area contributed by atoms with Crippen LogP contribution >= 0.6 is 11.6 Å². The molecule has 1 aromatic heterocycles. The number of nitrogens with one attached hydrogen (secondary N) is 1. The van der Waals surface area contributed by atoms with Gasteiger partial charge >= 0.3 is 0 Å². The Morgan fingerprint density at radius 3 is 2.65 bits per heavy atom. The number of piperidine rings is 1. The lowest BCUT2D eigenvalue weighted by molar-refractivity contribution is 0.177. The van der Waals surface area contributed by atoms with Crippen molar-refractivity contribution in [2.75, 3.05) is 39.8 Å². The predicted molar refractivity (Wildman–Crippen MR) is 127 cm³/mol. The van der Waals surface area contributed by atoms with Crippen molar-refractivity contribution in [1.82, 2.24) is 24.9 Å². The van der Waals surface area contributed by atoms with Gasteiger partial charge in [0.05, 0.1) is 6.20 Å². The second-order valence-electron chi connectivity index (χ2n) is 9.07. The molecule has 1 unspecified atom stereocenters. The minimum Gasteiger partial charge on any atom is -0.356 e. The first kappa shape index (κ1) is 22.2. The molecule has 7 heteroatoms. The van der Waals surface area contributed by atoms with Gasteiger partial charge in [-0.05, 0) is 67.8 Å². The zero-order chi connectivity index (χ0) is 21.6. The maximum atomic E-state index is 6.33. The third-order valence-electron chi connectivity index (χ3n) is 6.69. The highest BCUT2D eigenvalue weighted by atomic mass is 35.5. The quantitative estimate of drug-likeness (QED) is 0.550. The smallest absolute Gasteiger partial charge is 0.193 e. The molecule has 1 atom stereocenters. The largest absolute Gasteiger partial charge is 0.356 e. The van der Waals surface area contributed by atoms with Gasteiger partial charge < -0.3 is 10.2 Å². The van der Waals surface area contributed by atoms with Gasteiger partial charge in [0.15, 0.2) is 5.96 Å². The summed E-state index contributed by atoms with van der Waals surface area (Å²) in [5.41, 5.74) is 2.57. The number of aliphatic imine (C=N–C) groups is 1. The molecule has 1 N–H and O–H groups in total. The highest BCUT2D eigenvalue weighted by molar-refractivity contribution is 6.31. The summed E-state index contributed by atoms with van der Waals surface area (Å²) in [6.07, 6.45) is 8.89. The Kier molecular flexibility index (Phi) is 7.51. The molecule has 0 spiro atoms. The maximum Gasteiger partial charge on any atom is 0.193 e. The van der Waals surface area contributed by atoms with Crippen LogP contribution in [0.2, 0.25) is 5.02 Å². The molecule has 2 fully saturated rings. The number of guanidine groups is 1. The van der Waals surface area contributed by atoms with E-state index < -0.39 is 0 Å². The van der Waals surface area contributed by atoms with E-state index in [0.717, 1.165) is 56.7 Å². The second kappa shape index (κ2) is 10.5. The van der Waals surface area contributed by atoms with Crippen molar-refractivity contribution < 1.29 is 0 Å². The van der Waals surface area contributed by atoms with Gasteiger partial charge in [0.1, 0.15) is 0 Å². The molecular formula is C24H35ClN6. The van der Waals surface area contributed by atoms with E-state index >= 15 is 0 Å². The summed E-state index contributed by atoms with van der Waals surface area (Å²) in [6, 6.07) is 8.19. The van der Waals surface area contributed by atoms with Crippen LogP contribution in [0.3, 0.4) is 0 Å². The number of nitrogens with zero attached hydrogens (tertiary/aromatic N) is 5. The SMILES string of the molecule is CN=C(NCC1CCN(Cc2ccccc2Cl)CC1)N1CCC(Cc2cnn(C)c2)C1. The maximum absolute atomic E-state index is 6.33. The van der Waals surface area contributed by atoms with E-state index in [-0.39, 0.29) is 0 Å². The van der Waals surface area contributed by atoms with Crippen molar-refractivity contribution in [2.24, 2.45) is 23.9 Å². The van der Waals surface area contributed by atoms with E-state index in [0.29, 0.717) is 11.8 Å². The monoisotopic (exact) mass is 442 g/mol. The Bertz CT molecular complexity index is 870. The lowest BCUT2D eigenvalue weighted by Crippen LogP contribution is -2.44. The van der Waals surface area contributed by atoms with Gasteiger partial charge in [-0.2, -0.15) is 5.10 Å². The first-order chi connectivity index (χ1) is 15.1. The molecule has 1 aromatic carbocycles. The number of hydrogen-bond donors (Lipinski definition) is 1. The molecule has 0 aliphatic carbocycles. The number of aromatic nitrogens is 2. The second-order valence-corrected chi connectivity index (χ2v) is 9.47. The van der Waals surface area contributed by atoms with Crippen LogP contribution in [-0.4, -0.2) is 65.3 Å². The van der Waals surface area contributed by atoms with Crippen LogP contribution < -0.4 is 5.32 Å². The van der Waals surface area contributed by atoms with E-state index in [1.807, 2.05) is 37.1 Å². The van der Waals surface area contributed by atoms with Crippen LogP contribution in [0.4, 0.5) is 0 Å². The van der Waals surface area contributed by atoms with Gasteiger partial charge in [0.2, 0.25) is 0 Å². The van der Waals surface area contributed by atoms with Crippen molar-refractivity contribution in [3.63, 3.8) is 0 Å². The Morgan fingerprint density at radius 2 is 1.94 bits per heavy atom. The summed E-state index contributed by atoms with van der Waals surface area (Å²) in [6.45, 7) is 6.38. The van der Waals surface area contributed by atoms with E-state index in [1.54, 1.807) is 0 Å². The molecule has 0 bridgehead atoms. The van der Waals surface area contributed by atoms with Gasteiger partial charge in [0, 0.05) is 51.5 Å². The van der Waals surface area contributed by atoms with Crippen LogP contribution in [0.1, 0.15) is 30.4 Å². The molecule has 0 radical (unpaired) electrons. The van der Waals surface area contributed by atoms with Crippen molar-refractivity contribution in [3.05, 3.63) is 52.8 Å². The third-order valence-corrected chi connectivity index (χ3v) is 7.06. The van der Waals surface area contributed by atoms with Gasteiger partial charge in [-0.25, -0.2) is 0 Å². The van der Waals surface area contributed by atoms with Crippen LogP contribution in [0, 0.1) is 11.8 Å². The topological polar surface area (TPSA) is 48.7 Å². The van der Waals surface area contributed by atoms with E-state index in [9.17, 15) is 0 Å². The van der Waals surface area contributed by atoms with Crippen LogP contribution in [-0.2, 0) is 20.0 Å². The normalized spacial score (nSPS) is 21.1. The van der Waals surface area contributed by atoms with Crippen molar-refractivity contribution >= 4 is 17.6 Å². The Labute approximate surface area is 191 Å². The average molecular weight is 443 g/mol. The van der Waals surface area contributed by atoms with Crippen LogP contribution in [0.5, 0.6) is 0 Å². The van der Waals surface area contributed by atoms with E-state index in [1.165, 1.54) is 30.4 Å². The first-order valence-electron chi connectivity index (χ1n) is 11.5. The van der Waals surface area contributed by atoms with Gasteiger partial charge in [-0.3, -0.25) is 14.6 Å². The van der Waals surface area contributed by atoms with Gasteiger partial charge in [0.25, 0.3) is 0 Å². The molecule has 31 heavy (non-hydrogen) atoms. The van der Waals surface area contributed by atoms with Gasteiger partial charge in [-0.15, -0.1) is 0 Å². The molecule has 4 rings (SSSR count). The Hall–Kier alpha value is -2.05. The summed E-state index contributed by atoms with van der Waals surface area (Å²) in [5, 5.41) is 8.84. The zero-order valence-electron chi connectivity index (χ0n) is 18.8. The number of likely N-dealkylation sites (tertiary alicyclic amines) is 2. The van der Waals surface area contributed by atoms with Crippen LogP contribution in [0.15, 0.2) is 41.7 Å². The fourth-order valence-corrected chi connectivity index (χ4v) is 5.08. The molecule has 3 heterocycles. The lowest BCUT2D eigenvalue weighted by atomic mass is 9.96. The summed E-state index contributed by atoms with van der Waals surface area (Å²) < 4.78 is 1.89. The van der Waals surface area contributed by atoms with Crippen molar-refractivity contribution in [1.29, 1.82) is 0 Å². The standard InChI is InChI=1S/C24H35ClN6/c1-26-24(31-12-9-20(17-31)13-21-15-28-29(2)16-21)27-14-19-7-10-30(11-8-19)18-22-5-3-4-6-23(22)25/h3-6,15-16,19-20H,7-14,17-18H2,1-2H3,(H,26,27). The number of hydrogen-bond acceptors (Lipinski definition) is 3. The zero-order valence-corrected chi connectivity index (χ0v) is 19.6. The first-order valence-corrected chi connectivity index (χ1v) is 11.9. The molecule has 2 aromatic rings. The Balaban J connectivity index is 1.19. The minimum atomic E-state index is 0.677. The average Bonchev–Trinajstić information content (AvgIpc) is 3.40. The molecule has 168 valence electrons. The summed E-state index contributed by atoms with van der Waals surface area (Å²) in [5.74, 6) is 2.44. The summed E-state index contributed by atoms with van der Waals surface area (Å²) in [7, 11) is 3.89. The number of aryl methyl sites for hydroxylation is 1. The lowest BCUT2D eigenvalue weighted by Gasteiger charge is -2.33. The molecule has 6 nitrogen and oxygen atoms in total. The fraction of sp³-hybridized carbons (Fsp3) is 0.583. The van der Waals surface area contributed by atoms with E-state index in [2.05, 4.69) is 43.5 Å². The molecule has 2 aliphatic heterocycles. The van der Waals surface area contributed by atoms with Crippen molar-refractivity contribution in [2.45, 2.75) is 32.2 Å². The third kappa shape index (κ3) is 6.01. The van der Waals surface area contributed by atoms with Gasteiger partial charge in [-0.1, -0.05) is 29.8 Å². The number of rotatable bonds is 6. The molecule has 2 aliphatic rings. The Morgan fingerprint density at radius 1 is 1.16 bits per heavy atom. The number of benzene rings is 1. The van der Waals surface area contributed by atoms with Crippen molar-refractivity contribution in [3.8, 4) is 0 Å². The molecule has 0 saturated carbocycles. The fourth-order valence-electron chi connectivity index (χ4n) is 4.89. The summed E-state index contributed by atoms with van der Waals surface area (Å²) >= 11 is 6.33. The predicted octanol–water partition coefficient (Wildman–Crippen LogP) is 3.43.